The summed E-state index contributed by atoms with van der Waals surface area (Å²) in [5, 5.41) is 6.41. The van der Waals surface area contributed by atoms with Gasteiger partial charge in [-0.2, -0.15) is 0 Å². The van der Waals surface area contributed by atoms with Crippen molar-refractivity contribution in [2.75, 3.05) is 25.1 Å². The lowest BCUT2D eigenvalue weighted by atomic mass is 10.3. The summed E-state index contributed by atoms with van der Waals surface area (Å²) in [6.45, 7) is 4.83. The van der Waals surface area contributed by atoms with E-state index in [9.17, 15) is 9.59 Å². The second-order valence-corrected chi connectivity index (χ2v) is 6.53. The zero-order valence-corrected chi connectivity index (χ0v) is 14.8. The summed E-state index contributed by atoms with van der Waals surface area (Å²) in [6.07, 6.45) is 0. The average molecular weight is 364 g/mol. The number of hydrazine groups is 1. The number of benzene rings is 1. The van der Waals surface area contributed by atoms with E-state index in [0.29, 0.717) is 29.4 Å². The molecule has 2 aliphatic heterocycles. The number of thioether (sulfide) groups is 1. The minimum Gasteiger partial charge on any atom is -0.462 e. The largest absolute Gasteiger partial charge is 0.462 e. The summed E-state index contributed by atoms with van der Waals surface area (Å²) >= 11 is 1.19. The lowest BCUT2D eigenvalue weighted by Crippen LogP contribution is -2.58. The molecule has 0 saturated carbocycles. The summed E-state index contributed by atoms with van der Waals surface area (Å²) in [5.74, 6) is -0.436. The van der Waals surface area contributed by atoms with E-state index in [4.69, 9.17) is 9.47 Å². The zero-order chi connectivity index (χ0) is 17.9. The number of rotatable bonds is 4. The van der Waals surface area contributed by atoms with Crippen LogP contribution in [0.25, 0.3) is 0 Å². The molecule has 1 atom stereocenters. The highest BCUT2D eigenvalue weighted by atomic mass is 32.2. The first-order chi connectivity index (χ1) is 12.1. The number of esters is 1. The fourth-order valence-electron chi connectivity index (χ4n) is 2.56. The van der Waals surface area contributed by atoms with Gasteiger partial charge in [0.25, 0.3) is 5.18 Å². The fraction of sp³-hybridized carbons (Fsp3) is 0.375. The van der Waals surface area contributed by atoms with Gasteiger partial charge in [0, 0.05) is 12.2 Å². The van der Waals surface area contributed by atoms with Crippen molar-refractivity contribution in [1.82, 2.24) is 15.8 Å². The van der Waals surface area contributed by atoms with Gasteiger partial charge in [-0.25, -0.2) is 20.0 Å². The maximum atomic E-state index is 12.4. The van der Waals surface area contributed by atoms with Gasteiger partial charge in [0.15, 0.2) is 0 Å². The molecule has 1 unspecified atom stereocenters. The summed E-state index contributed by atoms with van der Waals surface area (Å²) < 4.78 is 10.9. The maximum Gasteiger partial charge on any atom is 0.346 e. The summed E-state index contributed by atoms with van der Waals surface area (Å²) in [4.78, 5) is 24.9. The van der Waals surface area contributed by atoms with E-state index in [1.165, 1.54) is 16.8 Å². The third kappa shape index (κ3) is 3.58. The standard InChI is InChI=1S/C16H20N4O4S/c1-3-23-14(21)13-11(2)20(16(25-13)17-9-10-24-16)19-15(22)18-12-7-5-4-6-8-12/h4-8,17H,3,9-10H2,1-2H3,(H2,18,19,22). The number of allylic oxidation sites excluding steroid dienone is 1. The number of ether oxygens (including phenoxy) is 2. The molecule has 1 fully saturated rings. The van der Waals surface area contributed by atoms with Gasteiger partial charge >= 0.3 is 12.0 Å². The lowest BCUT2D eigenvalue weighted by Gasteiger charge is -2.35. The van der Waals surface area contributed by atoms with Crippen LogP contribution < -0.4 is 16.1 Å². The van der Waals surface area contributed by atoms with Crippen LogP contribution in [0.3, 0.4) is 0 Å². The topological polar surface area (TPSA) is 91.9 Å². The monoisotopic (exact) mass is 364 g/mol. The first-order valence-electron chi connectivity index (χ1n) is 7.94. The Labute approximate surface area is 149 Å². The van der Waals surface area contributed by atoms with Crippen LogP contribution in [0.1, 0.15) is 13.8 Å². The molecule has 134 valence electrons. The Balaban J connectivity index is 1.78. The number of anilines is 1. The molecule has 0 aliphatic carbocycles. The number of nitrogens with zero attached hydrogens (tertiary/aromatic N) is 1. The molecule has 1 aromatic carbocycles. The molecule has 1 aromatic rings. The zero-order valence-electron chi connectivity index (χ0n) is 14.0. The van der Waals surface area contributed by atoms with Crippen molar-refractivity contribution >= 4 is 29.4 Å². The van der Waals surface area contributed by atoms with Crippen molar-refractivity contribution in [2.45, 2.75) is 19.0 Å². The van der Waals surface area contributed by atoms with Crippen molar-refractivity contribution in [2.24, 2.45) is 0 Å². The number of amides is 2. The number of urea groups is 1. The van der Waals surface area contributed by atoms with Crippen LogP contribution in [-0.4, -0.2) is 41.9 Å². The van der Waals surface area contributed by atoms with Crippen LogP contribution in [0.15, 0.2) is 40.9 Å². The SMILES string of the molecule is CCOC(=O)C1=C(C)N(NC(=O)Nc2ccccc2)C2(NCCO2)S1. The molecule has 0 radical (unpaired) electrons. The van der Waals surface area contributed by atoms with E-state index < -0.39 is 17.2 Å². The fourth-order valence-corrected chi connectivity index (χ4v) is 3.81. The van der Waals surface area contributed by atoms with E-state index in [1.807, 2.05) is 18.2 Å². The molecule has 9 heteroatoms. The Kier molecular flexibility index (Phi) is 5.16. The molecular weight excluding hydrogens is 344 g/mol. The molecule has 8 nitrogen and oxygen atoms in total. The van der Waals surface area contributed by atoms with Gasteiger partial charge < -0.3 is 14.8 Å². The summed E-state index contributed by atoms with van der Waals surface area (Å²) in [6, 6.07) is 8.65. The molecule has 0 aromatic heterocycles. The van der Waals surface area contributed by atoms with Crippen LogP contribution >= 0.6 is 11.8 Å². The minimum absolute atomic E-state index is 0.277. The van der Waals surface area contributed by atoms with E-state index in [1.54, 1.807) is 26.0 Å². The molecule has 1 spiro atoms. The van der Waals surface area contributed by atoms with Gasteiger partial charge in [0.2, 0.25) is 0 Å². The minimum atomic E-state index is -1.04. The number of para-hydroxylation sites is 1. The van der Waals surface area contributed by atoms with Gasteiger partial charge in [0.05, 0.1) is 18.9 Å². The average Bonchev–Trinajstić information content (AvgIpc) is 3.17. The normalized spacial score (nSPS) is 22.4. The Morgan fingerprint density at radius 1 is 1.40 bits per heavy atom. The van der Waals surface area contributed by atoms with E-state index in [0.717, 1.165) is 0 Å². The van der Waals surface area contributed by atoms with E-state index in [-0.39, 0.29) is 6.61 Å². The van der Waals surface area contributed by atoms with Gasteiger partial charge in [0.1, 0.15) is 4.91 Å². The number of nitrogens with one attached hydrogen (secondary N) is 3. The maximum absolute atomic E-state index is 12.4. The second-order valence-electron chi connectivity index (χ2n) is 5.36. The van der Waals surface area contributed by atoms with Crippen molar-refractivity contribution in [3.05, 3.63) is 40.9 Å². The summed E-state index contributed by atoms with van der Waals surface area (Å²) in [7, 11) is 0. The van der Waals surface area contributed by atoms with E-state index >= 15 is 0 Å². The Bertz CT molecular complexity index is 689. The van der Waals surface area contributed by atoms with Gasteiger partial charge in [-0.15, -0.1) is 0 Å². The van der Waals surface area contributed by atoms with Crippen molar-refractivity contribution in [3.8, 4) is 0 Å². The highest BCUT2D eigenvalue weighted by Crippen LogP contribution is 2.46. The van der Waals surface area contributed by atoms with Crippen molar-refractivity contribution < 1.29 is 19.1 Å². The molecular formula is C16H20N4O4S. The first-order valence-corrected chi connectivity index (χ1v) is 8.76. The number of carbonyl (C=O) groups is 2. The van der Waals surface area contributed by atoms with Gasteiger partial charge in [-0.05, 0) is 37.7 Å². The molecule has 2 heterocycles. The number of hydrogen-bond donors (Lipinski definition) is 3. The quantitative estimate of drug-likeness (QED) is 0.702. The van der Waals surface area contributed by atoms with Crippen molar-refractivity contribution in [3.63, 3.8) is 0 Å². The predicted molar refractivity (Wildman–Crippen MR) is 94.0 cm³/mol. The lowest BCUT2D eigenvalue weighted by molar-refractivity contribution is -0.137. The molecule has 25 heavy (non-hydrogen) atoms. The van der Waals surface area contributed by atoms with Crippen LogP contribution in [0.5, 0.6) is 0 Å². The third-order valence-electron chi connectivity index (χ3n) is 3.65. The predicted octanol–water partition coefficient (Wildman–Crippen LogP) is 1.80. The van der Waals surface area contributed by atoms with Crippen LogP contribution in [0.4, 0.5) is 10.5 Å². The highest BCUT2D eigenvalue weighted by molar-refractivity contribution is 8.05. The number of hydrogen-bond acceptors (Lipinski definition) is 7. The highest BCUT2D eigenvalue weighted by Gasteiger charge is 2.51. The van der Waals surface area contributed by atoms with Crippen LogP contribution in [0.2, 0.25) is 0 Å². The smallest absolute Gasteiger partial charge is 0.346 e. The second kappa shape index (κ2) is 7.34. The number of carbonyl (C=O) groups excluding carboxylic acids is 2. The Hall–Kier alpha value is -2.23. The molecule has 2 aliphatic rings. The van der Waals surface area contributed by atoms with E-state index in [2.05, 4.69) is 16.1 Å². The molecule has 3 N–H and O–H groups in total. The molecule has 2 amide bonds. The first kappa shape index (κ1) is 17.6. The molecule has 3 rings (SSSR count). The van der Waals surface area contributed by atoms with Crippen LogP contribution in [-0.2, 0) is 14.3 Å². The Morgan fingerprint density at radius 2 is 2.16 bits per heavy atom. The molecule has 0 bridgehead atoms. The van der Waals surface area contributed by atoms with Gasteiger partial charge in [-0.3, -0.25) is 5.32 Å². The van der Waals surface area contributed by atoms with Crippen molar-refractivity contribution in [1.29, 1.82) is 0 Å². The summed E-state index contributed by atoms with van der Waals surface area (Å²) in [5.41, 5.74) is 3.96. The van der Waals surface area contributed by atoms with Gasteiger partial charge in [-0.1, -0.05) is 18.2 Å². The molecule has 1 saturated heterocycles. The Morgan fingerprint density at radius 3 is 2.80 bits per heavy atom. The third-order valence-corrected chi connectivity index (χ3v) is 5.04. The van der Waals surface area contributed by atoms with Crippen LogP contribution in [0, 0.1) is 0 Å².